The quantitative estimate of drug-likeness (QED) is 0.467. The van der Waals surface area contributed by atoms with E-state index in [4.69, 9.17) is 16.3 Å². The summed E-state index contributed by atoms with van der Waals surface area (Å²) in [7, 11) is 0. The van der Waals surface area contributed by atoms with Crippen LogP contribution in [0.15, 0.2) is 24.3 Å². The van der Waals surface area contributed by atoms with Crippen molar-refractivity contribution >= 4 is 11.6 Å². The number of halogens is 1. The van der Waals surface area contributed by atoms with E-state index in [0.29, 0.717) is 0 Å². The van der Waals surface area contributed by atoms with E-state index in [1.807, 2.05) is 0 Å². The normalized spacial score (nSPS) is 11.6. The third-order valence-electron chi connectivity index (χ3n) is 3.57. The second-order valence-electron chi connectivity index (χ2n) is 5.36. The minimum absolute atomic E-state index is 0.249. The molecule has 0 aromatic heterocycles. The zero-order valence-corrected chi connectivity index (χ0v) is 12.6. The number of benzene rings is 1. The zero-order valence-electron chi connectivity index (χ0n) is 11.8. The lowest BCUT2D eigenvalue weighted by Crippen LogP contribution is -2.15. The fourth-order valence-corrected chi connectivity index (χ4v) is 1.96. The molecule has 0 aliphatic carbocycles. The standard InChI is InChI=1S/C16H25ClO/c1-4-16(2,3)14-8-10-15(11-9-14)18-13-7-5-6-12-17/h8-11H,4-7,12-13H2,1-3H3. The van der Waals surface area contributed by atoms with Crippen molar-refractivity contribution in [3.8, 4) is 5.75 Å². The van der Waals surface area contributed by atoms with E-state index in [1.165, 1.54) is 5.56 Å². The van der Waals surface area contributed by atoms with Gasteiger partial charge in [-0.15, -0.1) is 11.6 Å². The zero-order chi connectivity index (χ0) is 13.4. The molecule has 0 fully saturated rings. The maximum Gasteiger partial charge on any atom is 0.119 e. The Morgan fingerprint density at radius 1 is 1.06 bits per heavy atom. The third-order valence-corrected chi connectivity index (χ3v) is 3.83. The molecule has 0 radical (unpaired) electrons. The molecule has 0 N–H and O–H groups in total. The maximum atomic E-state index is 5.71. The van der Waals surface area contributed by atoms with Crippen LogP contribution in [0.5, 0.6) is 5.75 Å². The lowest BCUT2D eigenvalue weighted by atomic mass is 9.82. The van der Waals surface area contributed by atoms with Gasteiger partial charge >= 0.3 is 0 Å². The van der Waals surface area contributed by atoms with Gasteiger partial charge in [0.25, 0.3) is 0 Å². The van der Waals surface area contributed by atoms with Crippen LogP contribution in [0.2, 0.25) is 0 Å². The highest BCUT2D eigenvalue weighted by molar-refractivity contribution is 6.17. The summed E-state index contributed by atoms with van der Waals surface area (Å²) >= 11 is 5.63. The van der Waals surface area contributed by atoms with E-state index >= 15 is 0 Å². The summed E-state index contributed by atoms with van der Waals surface area (Å²) in [4.78, 5) is 0. The summed E-state index contributed by atoms with van der Waals surface area (Å²) in [6, 6.07) is 8.51. The predicted octanol–water partition coefficient (Wildman–Crippen LogP) is 5.16. The lowest BCUT2D eigenvalue weighted by molar-refractivity contribution is 0.306. The van der Waals surface area contributed by atoms with E-state index in [1.54, 1.807) is 0 Å². The Labute approximate surface area is 116 Å². The van der Waals surface area contributed by atoms with Crippen molar-refractivity contribution in [2.24, 2.45) is 0 Å². The van der Waals surface area contributed by atoms with Crippen LogP contribution >= 0.6 is 11.6 Å². The van der Waals surface area contributed by atoms with Crippen LogP contribution in [0.4, 0.5) is 0 Å². The van der Waals surface area contributed by atoms with Crippen LogP contribution in [-0.4, -0.2) is 12.5 Å². The molecule has 0 aliphatic rings. The van der Waals surface area contributed by atoms with Gasteiger partial charge in [0.1, 0.15) is 5.75 Å². The van der Waals surface area contributed by atoms with Crippen LogP contribution in [-0.2, 0) is 5.41 Å². The molecule has 0 heterocycles. The van der Waals surface area contributed by atoms with Gasteiger partial charge in [0.05, 0.1) is 6.61 Å². The molecule has 1 aromatic carbocycles. The SMILES string of the molecule is CCC(C)(C)c1ccc(OCCCCCCl)cc1. The van der Waals surface area contributed by atoms with Crippen molar-refractivity contribution in [3.05, 3.63) is 29.8 Å². The largest absolute Gasteiger partial charge is 0.494 e. The van der Waals surface area contributed by atoms with Gasteiger partial charge in [-0.1, -0.05) is 32.9 Å². The number of hydrogen-bond donors (Lipinski definition) is 0. The van der Waals surface area contributed by atoms with Crippen molar-refractivity contribution in [3.63, 3.8) is 0 Å². The molecule has 1 nitrogen and oxygen atoms in total. The first-order valence-electron chi connectivity index (χ1n) is 6.89. The topological polar surface area (TPSA) is 9.23 Å². The molecule has 1 rings (SSSR count). The highest BCUT2D eigenvalue weighted by Crippen LogP contribution is 2.28. The Bertz CT molecular complexity index is 329. The minimum Gasteiger partial charge on any atom is -0.494 e. The second-order valence-corrected chi connectivity index (χ2v) is 5.74. The van der Waals surface area contributed by atoms with E-state index in [9.17, 15) is 0 Å². The average molecular weight is 269 g/mol. The van der Waals surface area contributed by atoms with Crippen molar-refractivity contribution < 1.29 is 4.74 Å². The van der Waals surface area contributed by atoms with Crippen LogP contribution in [0.1, 0.15) is 52.0 Å². The van der Waals surface area contributed by atoms with E-state index in [0.717, 1.165) is 43.9 Å². The van der Waals surface area contributed by atoms with Crippen LogP contribution in [0.25, 0.3) is 0 Å². The molecular formula is C16H25ClO. The van der Waals surface area contributed by atoms with Gasteiger partial charge in [-0.3, -0.25) is 0 Å². The third kappa shape index (κ3) is 4.89. The molecule has 18 heavy (non-hydrogen) atoms. The molecule has 0 bridgehead atoms. The summed E-state index contributed by atoms with van der Waals surface area (Å²) < 4.78 is 5.71. The van der Waals surface area contributed by atoms with Gasteiger partial charge in [0, 0.05) is 5.88 Å². The Morgan fingerprint density at radius 3 is 2.28 bits per heavy atom. The Balaban J connectivity index is 2.41. The Kier molecular flexibility index (Phi) is 6.56. The summed E-state index contributed by atoms with van der Waals surface area (Å²) in [6.45, 7) is 7.55. The first kappa shape index (κ1) is 15.4. The number of ether oxygens (including phenoxy) is 1. The van der Waals surface area contributed by atoms with Crippen molar-refractivity contribution in [1.82, 2.24) is 0 Å². The molecule has 0 spiro atoms. The average Bonchev–Trinajstić information content (AvgIpc) is 2.39. The van der Waals surface area contributed by atoms with Gasteiger partial charge in [-0.05, 0) is 48.8 Å². The number of rotatable bonds is 8. The van der Waals surface area contributed by atoms with Gasteiger partial charge in [0.15, 0.2) is 0 Å². The van der Waals surface area contributed by atoms with Gasteiger partial charge in [-0.2, -0.15) is 0 Å². The number of unbranched alkanes of at least 4 members (excludes halogenated alkanes) is 2. The Morgan fingerprint density at radius 2 is 1.72 bits per heavy atom. The molecular weight excluding hydrogens is 244 g/mol. The first-order valence-corrected chi connectivity index (χ1v) is 7.43. The molecule has 102 valence electrons. The molecule has 0 amide bonds. The van der Waals surface area contributed by atoms with Gasteiger partial charge < -0.3 is 4.74 Å². The molecule has 0 unspecified atom stereocenters. The monoisotopic (exact) mass is 268 g/mol. The maximum absolute atomic E-state index is 5.71. The second kappa shape index (κ2) is 7.68. The molecule has 0 saturated heterocycles. The smallest absolute Gasteiger partial charge is 0.119 e. The highest BCUT2D eigenvalue weighted by atomic mass is 35.5. The highest BCUT2D eigenvalue weighted by Gasteiger charge is 2.17. The minimum atomic E-state index is 0.249. The number of hydrogen-bond acceptors (Lipinski definition) is 1. The molecule has 0 saturated carbocycles. The predicted molar refractivity (Wildman–Crippen MR) is 79.8 cm³/mol. The van der Waals surface area contributed by atoms with Crippen LogP contribution < -0.4 is 4.74 Å². The fourth-order valence-electron chi connectivity index (χ4n) is 1.77. The van der Waals surface area contributed by atoms with Crippen LogP contribution in [0.3, 0.4) is 0 Å². The van der Waals surface area contributed by atoms with Gasteiger partial charge in [-0.25, -0.2) is 0 Å². The molecule has 1 aromatic rings. The van der Waals surface area contributed by atoms with E-state index in [2.05, 4.69) is 45.0 Å². The first-order chi connectivity index (χ1) is 8.60. The number of alkyl halides is 1. The fraction of sp³-hybridized carbons (Fsp3) is 0.625. The van der Waals surface area contributed by atoms with Crippen molar-refractivity contribution in [2.45, 2.75) is 51.9 Å². The van der Waals surface area contributed by atoms with E-state index in [-0.39, 0.29) is 5.41 Å². The van der Waals surface area contributed by atoms with Crippen molar-refractivity contribution in [1.29, 1.82) is 0 Å². The van der Waals surface area contributed by atoms with Crippen LogP contribution in [0, 0.1) is 0 Å². The summed E-state index contributed by atoms with van der Waals surface area (Å²) in [5, 5.41) is 0. The summed E-state index contributed by atoms with van der Waals surface area (Å²) in [6.07, 6.45) is 4.44. The molecule has 0 atom stereocenters. The lowest BCUT2D eigenvalue weighted by Gasteiger charge is -2.23. The van der Waals surface area contributed by atoms with Gasteiger partial charge in [0.2, 0.25) is 0 Å². The molecule has 2 heteroatoms. The summed E-state index contributed by atoms with van der Waals surface area (Å²) in [5.41, 5.74) is 1.62. The van der Waals surface area contributed by atoms with E-state index < -0.39 is 0 Å². The molecule has 0 aliphatic heterocycles. The Hall–Kier alpha value is -0.690. The summed E-state index contributed by atoms with van der Waals surface area (Å²) in [5.74, 6) is 1.72. The van der Waals surface area contributed by atoms with Crippen molar-refractivity contribution in [2.75, 3.05) is 12.5 Å².